The summed E-state index contributed by atoms with van der Waals surface area (Å²) in [6.07, 6.45) is 2.20. The predicted molar refractivity (Wildman–Crippen MR) is 64.3 cm³/mol. The van der Waals surface area contributed by atoms with Gasteiger partial charge in [-0.15, -0.1) is 11.3 Å². The van der Waals surface area contributed by atoms with Crippen molar-refractivity contribution < 1.29 is 4.74 Å². The number of ether oxygens (including phenoxy) is 1. The van der Waals surface area contributed by atoms with E-state index in [0.717, 1.165) is 38.3 Å². The van der Waals surface area contributed by atoms with Crippen LogP contribution >= 0.6 is 11.3 Å². The molecular weight excluding hydrogens is 208 g/mol. The Morgan fingerprint density at radius 3 is 2.93 bits per heavy atom. The van der Waals surface area contributed by atoms with Gasteiger partial charge in [-0.05, 0) is 19.4 Å². The molecule has 0 aliphatic heterocycles. The fraction of sp³-hybridized carbons (Fsp3) is 0.727. The van der Waals surface area contributed by atoms with Gasteiger partial charge in [-0.2, -0.15) is 0 Å². The summed E-state index contributed by atoms with van der Waals surface area (Å²) in [6, 6.07) is 0.253. The summed E-state index contributed by atoms with van der Waals surface area (Å²) in [4.78, 5) is 4.32. The van der Waals surface area contributed by atoms with Gasteiger partial charge >= 0.3 is 0 Å². The molecule has 4 heteroatoms. The highest BCUT2D eigenvalue weighted by atomic mass is 32.1. The van der Waals surface area contributed by atoms with Crippen LogP contribution in [0.5, 0.6) is 0 Å². The molecule has 1 aromatic rings. The van der Waals surface area contributed by atoms with Crippen LogP contribution in [0.1, 0.15) is 38.4 Å². The zero-order valence-corrected chi connectivity index (χ0v) is 10.3. The van der Waals surface area contributed by atoms with Crippen LogP contribution in [-0.2, 0) is 4.74 Å². The van der Waals surface area contributed by atoms with Crippen LogP contribution in [0.4, 0.5) is 0 Å². The van der Waals surface area contributed by atoms with Crippen molar-refractivity contribution in [1.82, 2.24) is 10.3 Å². The van der Waals surface area contributed by atoms with E-state index in [2.05, 4.69) is 29.5 Å². The summed E-state index contributed by atoms with van der Waals surface area (Å²) in [5.41, 5.74) is 2.97. The van der Waals surface area contributed by atoms with Crippen LogP contribution in [0.15, 0.2) is 10.9 Å². The Bertz CT molecular complexity index is 239. The molecule has 0 bridgehead atoms. The van der Waals surface area contributed by atoms with Crippen molar-refractivity contribution in [3.05, 3.63) is 16.6 Å². The average Bonchev–Trinajstić information content (AvgIpc) is 2.76. The van der Waals surface area contributed by atoms with Crippen LogP contribution in [0.2, 0.25) is 0 Å². The van der Waals surface area contributed by atoms with Crippen molar-refractivity contribution in [3.63, 3.8) is 0 Å². The maximum Gasteiger partial charge on any atom is 0.0795 e. The van der Waals surface area contributed by atoms with Gasteiger partial charge in [0, 0.05) is 12.0 Å². The van der Waals surface area contributed by atoms with Gasteiger partial charge in [0.15, 0.2) is 0 Å². The molecule has 0 aliphatic rings. The van der Waals surface area contributed by atoms with Crippen molar-refractivity contribution in [2.75, 3.05) is 19.8 Å². The van der Waals surface area contributed by atoms with Crippen LogP contribution in [0.25, 0.3) is 0 Å². The first kappa shape index (κ1) is 12.6. The molecule has 86 valence electrons. The van der Waals surface area contributed by atoms with E-state index in [9.17, 15) is 0 Å². The zero-order chi connectivity index (χ0) is 10.9. The smallest absolute Gasteiger partial charge is 0.0795 e. The molecule has 0 saturated heterocycles. The van der Waals surface area contributed by atoms with Crippen LogP contribution in [0, 0.1) is 0 Å². The third kappa shape index (κ3) is 4.73. The van der Waals surface area contributed by atoms with Gasteiger partial charge in [-0.1, -0.05) is 13.8 Å². The van der Waals surface area contributed by atoms with Gasteiger partial charge in [-0.25, -0.2) is 4.98 Å². The van der Waals surface area contributed by atoms with E-state index < -0.39 is 0 Å². The fourth-order valence-corrected chi connectivity index (χ4v) is 1.91. The number of aromatic nitrogens is 1. The second kappa shape index (κ2) is 7.79. The number of hydrogen-bond acceptors (Lipinski definition) is 4. The Labute approximate surface area is 95.9 Å². The maximum atomic E-state index is 5.57. The standard InChI is InChI=1S/C11H20N2OS/c1-3-5-12-10(7-14-6-4-2)11-8-15-9-13-11/h8-10,12H,3-7H2,1-2H3. The van der Waals surface area contributed by atoms with E-state index in [4.69, 9.17) is 4.74 Å². The molecule has 15 heavy (non-hydrogen) atoms. The maximum absolute atomic E-state index is 5.57. The highest BCUT2D eigenvalue weighted by Gasteiger charge is 2.12. The summed E-state index contributed by atoms with van der Waals surface area (Å²) in [6.45, 7) is 6.85. The molecule has 0 aromatic carbocycles. The molecule has 1 rings (SSSR count). The molecule has 0 saturated carbocycles. The van der Waals surface area contributed by atoms with Crippen molar-refractivity contribution in [1.29, 1.82) is 0 Å². The Morgan fingerprint density at radius 1 is 1.47 bits per heavy atom. The third-order valence-electron chi connectivity index (χ3n) is 2.08. The topological polar surface area (TPSA) is 34.1 Å². The molecule has 0 radical (unpaired) electrons. The Hall–Kier alpha value is -0.450. The minimum atomic E-state index is 0.253. The highest BCUT2D eigenvalue weighted by Crippen LogP contribution is 2.13. The third-order valence-corrected chi connectivity index (χ3v) is 2.69. The predicted octanol–water partition coefficient (Wildman–Crippen LogP) is 2.61. The van der Waals surface area contributed by atoms with Crippen molar-refractivity contribution in [3.8, 4) is 0 Å². The minimum Gasteiger partial charge on any atom is -0.379 e. The lowest BCUT2D eigenvalue weighted by molar-refractivity contribution is 0.111. The summed E-state index contributed by atoms with van der Waals surface area (Å²) in [5, 5.41) is 5.54. The summed E-state index contributed by atoms with van der Waals surface area (Å²) in [7, 11) is 0. The minimum absolute atomic E-state index is 0.253. The summed E-state index contributed by atoms with van der Waals surface area (Å²) in [5.74, 6) is 0. The first-order valence-electron chi connectivity index (χ1n) is 5.57. The largest absolute Gasteiger partial charge is 0.379 e. The van der Waals surface area contributed by atoms with E-state index in [-0.39, 0.29) is 6.04 Å². The lowest BCUT2D eigenvalue weighted by Crippen LogP contribution is -2.26. The lowest BCUT2D eigenvalue weighted by atomic mass is 10.2. The second-order valence-corrected chi connectivity index (χ2v) is 4.21. The van der Waals surface area contributed by atoms with E-state index in [1.165, 1.54) is 0 Å². The molecule has 3 nitrogen and oxygen atoms in total. The van der Waals surface area contributed by atoms with Crippen LogP contribution in [0.3, 0.4) is 0 Å². The number of rotatable bonds is 8. The fourth-order valence-electron chi connectivity index (χ4n) is 1.31. The molecule has 1 N–H and O–H groups in total. The molecule has 1 heterocycles. The molecule has 0 aliphatic carbocycles. The number of hydrogen-bond donors (Lipinski definition) is 1. The molecule has 0 spiro atoms. The normalized spacial score (nSPS) is 12.9. The number of thiazole rings is 1. The van der Waals surface area contributed by atoms with Crippen LogP contribution < -0.4 is 5.32 Å². The molecular formula is C11H20N2OS. The first-order chi connectivity index (χ1) is 7.38. The monoisotopic (exact) mass is 228 g/mol. The Balaban J connectivity index is 2.39. The van der Waals surface area contributed by atoms with E-state index in [0.29, 0.717) is 0 Å². The van der Waals surface area contributed by atoms with Gasteiger partial charge in [0.05, 0.1) is 23.9 Å². The van der Waals surface area contributed by atoms with Crippen molar-refractivity contribution >= 4 is 11.3 Å². The molecule has 0 fully saturated rings. The SMILES string of the molecule is CCCNC(COCCC)c1cscn1. The Kier molecular flexibility index (Phi) is 6.55. The average molecular weight is 228 g/mol. The molecule has 1 aromatic heterocycles. The number of nitrogens with one attached hydrogen (secondary N) is 1. The number of nitrogens with zero attached hydrogens (tertiary/aromatic N) is 1. The van der Waals surface area contributed by atoms with Gasteiger partial charge in [0.2, 0.25) is 0 Å². The zero-order valence-electron chi connectivity index (χ0n) is 9.53. The van der Waals surface area contributed by atoms with Gasteiger partial charge in [0.25, 0.3) is 0 Å². The first-order valence-corrected chi connectivity index (χ1v) is 6.52. The van der Waals surface area contributed by atoms with E-state index in [1.807, 2.05) is 5.51 Å². The van der Waals surface area contributed by atoms with Crippen LogP contribution in [-0.4, -0.2) is 24.7 Å². The Morgan fingerprint density at radius 2 is 2.33 bits per heavy atom. The quantitative estimate of drug-likeness (QED) is 0.694. The summed E-state index contributed by atoms with van der Waals surface area (Å²) < 4.78 is 5.57. The van der Waals surface area contributed by atoms with Gasteiger partial charge in [0.1, 0.15) is 0 Å². The lowest BCUT2D eigenvalue weighted by Gasteiger charge is -2.16. The molecule has 0 amide bonds. The van der Waals surface area contributed by atoms with Crippen molar-refractivity contribution in [2.24, 2.45) is 0 Å². The highest BCUT2D eigenvalue weighted by molar-refractivity contribution is 7.07. The van der Waals surface area contributed by atoms with E-state index >= 15 is 0 Å². The summed E-state index contributed by atoms with van der Waals surface area (Å²) >= 11 is 1.63. The second-order valence-electron chi connectivity index (χ2n) is 3.49. The van der Waals surface area contributed by atoms with Gasteiger partial charge in [-0.3, -0.25) is 0 Å². The van der Waals surface area contributed by atoms with Gasteiger partial charge < -0.3 is 10.1 Å². The molecule has 1 atom stereocenters. The molecule has 1 unspecified atom stereocenters. The van der Waals surface area contributed by atoms with E-state index in [1.54, 1.807) is 11.3 Å². The van der Waals surface area contributed by atoms with Crippen molar-refractivity contribution in [2.45, 2.75) is 32.7 Å².